The fraction of sp³-hybridized carbons (Fsp3) is 0.391. The molecular formula is C23H29N3O5. The maximum atomic E-state index is 12.5. The van der Waals surface area contributed by atoms with Crippen LogP contribution in [0.5, 0.6) is 17.2 Å². The van der Waals surface area contributed by atoms with Gasteiger partial charge >= 0.3 is 6.03 Å². The number of piperidine rings is 1. The molecule has 0 bridgehead atoms. The summed E-state index contributed by atoms with van der Waals surface area (Å²) in [5.41, 5.74) is 0.653. The number of likely N-dealkylation sites (tertiary alicyclic amines) is 1. The standard InChI is InChI=1S/C23H29N3O5/c1-29-18-6-5-7-19(14-18)31-16-22(27)24-15-17-10-12-26(13-11-17)23(28)25-20-8-3-4-9-21(20)30-2/h3-9,14,17H,10-13,15-16H2,1-2H3,(H,24,27)(H,25,28). The molecule has 1 fully saturated rings. The Kier molecular flexibility index (Phi) is 7.98. The summed E-state index contributed by atoms with van der Waals surface area (Å²) in [4.78, 5) is 26.4. The van der Waals surface area contributed by atoms with Crippen LogP contribution in [0.3, 0.4) is 0 Å². The summed E-state index contributed by atoms with van der Waals surface area (Å²) in [6.45, 7) is 1.80. The molecule has 0 atom stereocenters. The lowest BCUT2D eigenvalue weighted by molar-refractivity contribution is -0.123. The highest BCUT2D eigenvalue weighted by Crippen LogP contribution is 2.24. The van der Waals surface area contributed by atoms with Gasteiger partial charge in [-0.3, -0.25) is 4.79 Å². The smallest absolute Gasteiger partial charge is 0.321 e. The van der Waals surface area contributed by atoms with E-state index in [0.717, 1.165) is 12.8 Å². The number of hydrogen-bond acceptors (Lipinski definition) is 5. The normalized spacial score (nSPS) is 13.9. The predicted molar refractivity (Wildman–Crippen MR) is 118 cm³/mol. The SMILES string of the molecule is COc1cccc(OCC(=O)NCC2CCN(C(=O)Nc3ccccc3OC)CC2)c1. The molecule has 2 aromatic carbocycles. The molecule has 3 amide bonds. The van der Waals surface area contributed by atoms with E-state index in [-0.39, 0.29) is 18.5 Å². The average Bonchev–Trinajstić information content (AvgIpc) is 2.82. The van der Waals surface area contributed by atoms with E-state index in [2.05, 4.69) is 10.6 Å². The van der Waals surface area contributed by atoms with E-state index in [0.29, 0.717) is 48.5 Å². The molecule has 1 heterocycles. The van der Waals surface area contributed by atoms with Gasteiger partial charge in [0.2, 0.25) is 0 Å². The first-order valence-corrected chi connectivity index (χ1v) is 10.3. The Bertz CT molecular complexity index is 881. The van der Waals surface area contributed by atoms with Gasteiger partial charge in [-0.05, 0) is 43.0 Å². The zero-order valence-corrected chi connectivity index (χ0v) is 17.9. The molecule has 166 valence electrons. The van der Waals surface area contributed by atoms with Gasteiger partial charge in [0.15, 0.2) is 6.61 Å². The minimum absolute atomic E-state index is 0.0483. The molecule has 2 N–H and O–H groups in total. The van der Waals surface area contributed by atoms with Gasteiger partial charge < -0.3 is 29.7 Å². The zero-order valence-electron chi connectivity index (χ0n) is 17.9. The molecule has 0 aliphatic carbocycles. The zero-order chi connectivity index (χ0) is 22.1. The first kappa shape index (κ1) is 22.3. The summed E-state index contributed by atoms with van der Waals surface area (Å²) in [5.74, 6) is 2.06. The number of ether oxygens (including phenoxy) is 3. The number of carbonyl (C=O) groups is 2. The minimum atomic E-state index is -0.167. The van der Waals surface area contributed by atoms with Crippen LogP contribution in [0.2, 0.25) is 0 Å². The Morgan fingerprint density at radius 3 is 2.48 bits per heavy atom. The molecule has 3 rings (SSSR count). The lowest BCUT2D eigenvalue weighted by Crippen LogP contribution is -2.43. The van der Waals surface area contributed by atoms with Crippen LogP contribution < -0.4 is 24.8 Å². The van der Waals surface area contributed by atoms with Gasteiger partial charge in [0.25, 0.3) is 5.91 Å². The summed E-state index contributed by atoms with van der Waals surface area (Å²) in [6, 6.07) is 14.3. The van der Waals surface area contributed by atoms with Gasteiger partial charge in [-0.25, -0.2) is 4.79 Å². The van der Waals surface area contributed by atoms with Gasteiger partial charge in [-0.1, -0.05) is 18.2 Å². The Morgan fingerprint density at radius 1 is 1.00 bits per heavy atom. The van der Waals surface area contributed by atoms with E-state index in [4.69, 9.17) is 14.2 Å². The molecule has 0 aromatic heterocycles. The van der Waals surface area contributed by atoms with E-state index < -0.39 is 0 Å². The third-order valence-corrected chi connectivity index (χ3v) is 5.25. The third kappa shape index (κ3) is 6.53. The van der Waals surface area contributed by atoms with Crippen LogP contribution in [-0.2, 0) is 4.79 Å². The van der Waals surface area contributed by atoms with E-state index >= 15 is 0 Å². The Hall–Kier alpha value is -3.42. The maximum absolute atomic E-state index is 12.5. The van der Waals surface area contributed by atoms with Gasteiger partial charge in [0.1, 0.15) is 17.2 Å². The largest absolute Gasteiger partial charge is 0.497 e. The molecule has 2 aromatic rings. The number of hydrogen-bond donors (Lipinski definition) is 2. The van der Waals surface area contributed by atoms with Gasteiger partial charge in [0.05, 0.1) is 19.9 Å². The number of nitrogens with zero attached hydrogens (tertiary/aromatic N) is 1. The van der Waals surface area contributed by atoms with Gasteiger partial charge in [0, 0.05) is 25.7 Å². The van der Waals surface area contributed by atoms with Gasteiger partial charge in [-0.2, -0.15) is 0 Å². The van der Waals surface area contributed by atoms with Crippen LogP contribution in [0.25, 0.3) is 0 Å². The fourth-order valence-corrected chi connectivity index (χ4v) is 3.43. The third-order valence-electron chi connectivity index (χ3n) is 5.25. The molecule has 1 aliphatic heterocycles. The number of para-hydroxylation sites is 2. The van der Waals surface area contributed by atoms with Crippen molar-refractivity contribution in [3.05, 3.63) is 48.5 Å². The summed E-state index contributed by atoms with van der Waals surface area (Å²) in [7, 11) is 3.16. The highest BCUT2D eigenvalue weighted by Gasteiger charge is 2.23. The predicted octanol–water partition coefficient (Wildman–Crippen LogP) is 3.14. The second-order valence-corrected chi connectivity index (χ2v) is 7.33. The monoisotopic (exact) mass is 427 g/mol. The summed E-state index contributed by atoms with van der Waals surface area (Å²) < 4.78 is 15.9. The van der Waals surface area contributed by atoms with E-state index in [1.54, 1.807) is 31.3 Å². The number of methoxy groups -OCH3 is 2. The fourth-order valence-electron chi connectivity index (χ4n) is 3.43. The highest BCUT2D eigenvalue weighted by molar-refractivity contribution is 5.91. The number of nitrogens with one attached hydrogen (secondary N) is 2. The van der Waals surface area contributed by atoms with Gasteiger partial charge in [-0.15, -0.1) is 0 Å². The lowest BCUT2D eigenvalue weighted by atomic mass is 9.97. The molecule has 0 radical (unpaired) electrons. The number of carbonyl (C=O) groups excluding carboxylic acids is 2. The molecule has 31 heavy (non-hydrogen) atoms. The first-order chi connectivity index (χ1) is 15.1. The molecule has 0 spiro atoms. The molecule has 0 saturated carbocycles. The first-order valence-electron chi connectivity index (χ1n) is 10.3. The Morgan fingerprint density at radius 2 is 1.74 bits per heavy atom. The van der Waals surface area contributed by atoms with Crippen molar-refractivity contribution in [2.24, 2.45) is 5.92 Å². The molecule has 0 unspecified atom stereocenters. The molecule has 8 nitrogen and oxygen atoms in total. The van der Waals surface area contributed by atoms with Crippen molar-refractivity contribution in [2.45, 2.75) is 12.8 Å². The van der Waals surface area contributed by atoms with E-state index in [9.17, 15) is 9.59 Å². The van der Waals surface area contributed by atoms with Crippen molar-refractivity contribution in [1.29, 1.82) is 0 Å². The van der Waals surface area contributed by atoms with Crippen LogP contribution in [0.4, 0.5) is 10.5 Å². The highest BCUT2D eigenvalue weighted by atomic mass is 16.5. The topological polar surface area (TPSA) is 89.1 Å². The van der Waals surface area contributed by atoms with E-state index in [1.807, 2.05) is 36.4 Å². The van der Waals surface area contributed by atoms with Crippen molar-refractivity contribution < 1.29 is 23.8 Å². The number of amides is 3. The second kappa shape index (κ2) is 11.1. The number of rotatable bonds is 8. The van der Waals surface area contributed by atoms with Crippen LogP contribution in [0.1, 0.15) is 12.8 Å². The number of urea groups is 1. The Balaban J connectivity index is 1.36. The van der Waals surface area contributed by atoms with Crippen LogP contribution in [0, 0.1) is 5.92 Å². The van der Waals surface area contributed by atoms with Crippen molar-refractivity contribution in [3.8, 4) is 17.2 Å². The van der Waals surface area contributed by atoms with Crippen LogP contribution in [0.15, 0.2) is 48.5 Å². The number of benzene rings is 2. The summed E-state index contributed by atoms with van der Waals surface area (Å²) >= 11 is 0. The van der Waals surface area contributed by atoms with Crippen LogP contribution in [-0.4, -0.2) is 57.3 Å². The quantitative estimate of drug-likeness (QED) is 0.676. The molecule has 1 saturated heterocycles. The maximum Gasteiger partial charge on any atom is 0.321 e. The number of anilines is 1. The second-order valence-electron chi connectivity index (χ2n) is 7.33. The van der Waals surface area contributed by atoms with Crippen molar-refractivity contribution in [2.75, 3.05) is 45.8 Å². The van der Waals surface area contributed by atoms with Crippen molar-refractivity contribution in [1.82, 2.24) is 10.2 Å². The van der Waals surface area contributed by atoms with Crippen LogP contribution >= 0.6 is 0 Å². The average molecular weight is 428 g/mol. The molecule has 8 heteroatoms. The summed E-state index contributed by atoms with van der Waals surface area (Å²) in [5, 5.41) is 5.82. The van der Waals surface area contributed by atoms with Crippen molar-refractivity contribution in [3.63, 3.8) is 0 Å². The Labute approximate surface area is 182 Å². The van der Waals surface area contributed by atoms with Crippen molar-refractivity contribution >= 4 is 17.6 Å². The summed E-state index contributed by atoms with van der Waals surface area (Å²) in [6.07, 6.45) is 1.66. The molecule has 1 aliphatic rings. The lowest BCUT2D eigenvalue weighted by Gasteiger charge is -2.32. The van der Waals surface area contributed by atoms with E-state index in [1.165, 1.54) is 0 Å². The molecular weight excluding hydrogens is 398 g/mol. The minimum Gasteiger partial charge on any atom is -0.497 e.